The van der Waals surface area contributed by atoms with Crippen molar-refractivity contribution in [3.8, 4) is 0 Å². The third kappa shape index (κ3) is 5.26. The highest BCUT2D eigenvalue weighted by molar-refractivity contribution is 7.89. The molecule has 3 rings (SSSR count). The van der Waals surface area contributed by atoms with Gasteiger partial charge in [-0.1, -0.05) is 38.1 Å². The fourth-order valence-electron chi connectivity index (χ4n) is 3.36. The van der Waals surface area contributed by atoms with E-state index in [-0.39, 0.29) is 22.5 Å². The van der Waals surface area contributed by atoms with Crippen molar-refractivity contribution in [1.29, 1.82) is 0 Å². The van der Waals surface area contributed by atoms with Crippen molar-refractivity contribution in [2.24, 2.45) is 5.92 Å². The summed E-state index contributed by atoms with van der Waals surface area (Å²) in [6.07, 6.45) is 2.38. The maximum atomic E-state index is 12.7. The quantitative estimate of drug-likeness (QED) is 0.722. The minimum atomic E-state index is -3.63. The number of rotatable bonds is 7. The van der Waals surface area contributed by atoms with Gasteiger partial charge in [0.1, 0.15) is 10.6 Å². The molecule has 1 saturated heterocycles. The van der Waals surface area contributed by atoms with E-state index in [4.69, 9.17) is 4.74 Å². The van der Waals surface area contributed by atoms with Crippen LogP contribution < -0.4 is 5.32 Å². The number of nitrogens with one attached hydrogen (secondary N) is 2. The lowest BCUT2D eigenvalue weighted by Gasteiger charge is -2.25. The maximum absolute atomic E-state index is 12.7. The molecule has 1 aliphatic heterocycles. The van der Waals surface area contributed by atoms with Gasteiger partial charge in [0.15, 0.2) is 0 Å². The van der Waals surface area contributed by atoms with Crippen molar-refractivity contribution >= 4 is 15.9 Å². The largest absolute Gasteiger partial charge is 0.379 e. The Labute approximate surface area is 172 Å². The second-order valence-corrected chi connectivity index (χ2v) is 9.74. The zero-order chi connectivity index (χ0) is 21.0. The van der Waals surface area contributed by atoms with Gasteiger partial charge in [0.25, 0.3) is 5.91 Å². The number of morpholine rings is 1. The average molecular weight is 420 g/mol. The molecule has 1 aromatic carbocycles. The fourth-order valence-corrected chi connectivity index (χ4v) is 4.76. The second-order valence-electron chi connectivity index (χ2n) is 7.80. The van der Waals surface area contributed by atoms with Crippen LogP contribution in [0.3, 0.4) is 0 Å². The molecule has 1 amide bonds. The fraction of sp³-hybridized carbons (Fsp3) is 0.476. The van der Waals surface area contributed by atoms with Gasteiger partial charge in [-0.2, -0.15) is 4.31 Å². The number of carbonyl (C=O) groups excluding carboxylic acids is 1. The number of aromatic amines is 1. The van der Waals surface area contributed by atoms with Crippen molar-refractivity contribution in [1.82, 2.24) is 14.6 Å². The zero-order valence-corrected chi connectivity index (χ0v) is 18.0. The van der Waals surface area contributed by atoms with Crippen LogP contribution in [0.2, 0.25) is 0 Å². The monoisotopic (exact) mass is 419 g/mol. The van der Waals surface area contributed by atoms with Gasteiger partial charge in [-0.15, -0.1) is 0 Å². The Hall–Kier alpha value is -2.16. The summed E-state index contributed by atoms with van der Waals surface area (Å²) < 4.78 is 32.0. The first-order valence-corrected chi connectivity index (χ1v) is 11.4. The van der Waals surface area contributed by atoms with Crippen LogP contribution in [0.1, 0.15) is 48.4 Å². The van der Waals surface area contributed by atoms with Crippen molar-refractivity contribution in [3.05, 3.63) is 53.3 Å². The number of nitrogens with zero attached hydrogens (tertiary/aromatic N) is 1. The van der Waals surface area contributed by atoms with Crippen LogP contribution in [-0.2, 0) is 21.2 Å². The Morgan fingerprint density at radius 1 is 1.17 bits per heavy atom. The molecule has 29 heavy (non-hydrogen) atoms. The topological polar surface area (TPSA) is 91.5 Å². The summed E-state index contributed by atoms with van der Waals surface area (Å²) in [4.78, 5) is 15.5. The second kappa shape index (κ2) is 9.11. The summed E-state index contributed by atoms with van der Waals surface area (Å²) in [5, 5.41) is 2.92. The Balaban J connectivity index is 1.65. The van der Waals surface area contributed by atoms with Gasteiger partial charge in [-0.3, -0.25) is 4.79 Å². The first-order valence-electron chi connectivity index (χ1n) is 9.93. The van der Waals surface area contributed by atoms with E-state index in [9.17, 15) is 13.2 Å². The zero-order valence-electron chi connectivity index (χ0n) is 17.1. The van der Waals surface area contributed by atoms with Crippen LogP contribution in [0.25, 0.3) is 0 Å². The Morgan fingerprint density at radius 3 is 2.45 bits per heavy atom. The summed E-state index contributed by atoms with van der Waals surface area (Å²) in [6, 6.07) is 9.40. The molecule has 0 radical (unpaired) electrons. The van der Waals surface area contributed by atoms with Gasteiger partial charge in [0.2, 0.25) is 10.0 Å². The van der Waals surface area contributed by atoms with E-state index in [1.807, 2.05) is 19.1 Å². The van der Waals surface area contributed by atoms with Crippen LogP contribution in [0, 0.1) is 5.92 Å². The van der Waals surface area contributed by atoms with E-state index >= 15 is 0 Å². The molecular formula is C21H29N3O4S. The number of sulfonamides is 1. The smallest absolute Gasteiger partial charge is 0.268 e. The van der Waals surface area contributed by atoms with E-state index < -0.39 is 10.0 Å². The third-order valence-corrected chi connectivity index (χ3v) is 6.86. The molecule has 0 saturated carbocycles. The number of benzene rings is 1. The summed E-state index contributed by atoms with van der Waals surface area (Å²) in [7, 11) is -3.63. The molecule has 1 aliphatic rings. The molecule has 2 N–H and O–H groups in total. The predicted molar refractivity (Wildman–Crippen MR) is 111 cm³/mol. The van der Waals surface area contributed by atoms with Gasteiger partial charge in [-0.25, -0.2) is 8.42 Å². The third-order valence-electron chi connectivity index (χ3n) is 4.98. The maximum Gasteiger partial charge on any atom is 0.268 e. The number of hydrogen-bond donors (Lipinski definition) is 2. The lowest BCUT2D eigenvalue weighted by Crippen LogP contribution is -2.40. The normalized spacial score (nSPS) is 16.7. The Kier molecular flexibility index (Phi) is 6.77. The van der Waals surface area contributed by atoms with Crippen molar-refractivity contribution in [2.75, 3.05) is 26.3 Å². The van der Waals surface area contributed by atoms with Crippen LogP contribution >= 0.6 is 0 Å². The highest BCUT2D eigenvalue weighted by Crippen LogP contribution is 2.20. The van der Waals surface area contributed by atoms with E-state index in [1.165, 1.54) is 22.1 Å². The number of amides is 1. The van der Waals surface area contributed by atoms with E-state index in [1.54, 1.807) is 0 Å². The van der Waals surface area contributed by atoms with Crippen LogP contribution in [0.4, 0.5) is 0 Å². The Morgan fingerprint density at radius 2 is 1.83 bits per heavy atom. The minimum absolute atomic E-state index is 0.0928. The summed E-state index contributed by atoms with van der Waals surface area (Å²) in [5.41, 5.74) is 2.49. The van der Waals surface area contributed by atoms with E-state index in [0.29, 0.717) is 32.2 Å². The van der Waals surface area contributed by atoms with Crippen molar-refractivity contribution < 1.29 is 17.9 Å². The number of ether oxygens (including phenoxy) is 1. The molecule has 1 unspecified atom stereocenters. The minimum Gasteiger partial charge on any atom is -0.379 e. The van der Waals surface area contributed by atoms with Gasteiger partial charge >= 0.3 is 0 Å². The molecule has 0 bridgehead atoms. The SMILES string of the molecule is CC(C)Cc1ccc(C(C)NC(=O)c2cc(S(=O)(=O)N3CCOCC3)c[nH]2)cc1. The lowest BCUT2D eigenvalue weighted by molar-refractivity contribution is 0.0730. The molecule has 1 fully saturated rings. The molecule has 1 aromatic heterocycles. The van der Waals surface area contributed by atoms with E-state index in [2.05, 4.69) is 36.3 Å². The molecule has 0 aliphatic carbocycles. The predicted octanol–water partition coefficient (Wildman–Crippen LogP) is 2.73. The summed E-state index contributed by atoms with van der Waals surface area (Å²) in [6.45, 7) is 7.66. The molecule has 2 heterocycles. The first-order chi connectivity index (χ1) is 13.8. The average Bonchev–Trinajstić information content (AvgIpc) is 3.20. The molecule has 158 valence electrons. The van der Waals surface area contributed by atoms with Crippen LogP contribution in [0.5, 0.6) is 0 Å². The summed E-state index contributed by atoms with van der Waals surface area (Å²) >= 11 is 0. The lowest BCUT2D eigenvalue weighted by atomic mass is 10.00. The highest BCUT2D eigenvalue weighted by Gasteiger charge is 2.28. The molecule has 2 aromatic rings. The van der Waals surface area contributed by atoms with Gasteiger partial charge < -0.3 is 15.0 Å². The van der Waals surface area contributed by atoms with E-state index in [0.717, 1.165) is 12.0 Å². The van der Waals surface area contributed by atoms with Gasteiger partial charge in [-0.05, 0) is 36.5 Å². The Bertz CT molecular complexity index is 929. The molecule has 1 atom stereocenters. The molecular weight excluding hydrogens is 390 g/mol. The summed E-state index contributed by atoms with van der Waals surface area (Å²) in [5.74, 6) is 0.251. The number of H-pyrrole nitrogens is 1. The standard InChI is InChI=1S/C21H29N3O4S/c1-15(2)12-17-4-6-18(7-5-17)16(3)23-21(25)20-13-19(14-22-20)29(26,27)24-8-10-28-11-9-24/h4-7,13-16,22H,8-12H2,1-3H3,(H,23,25). The van der Waals surface area contributed by atoms with Crippen molar-refractivity contribution in [2.45, 2.75) is 38.1 Å². The molecule has 8 heteroatoms. The number of carbonyl (C=O) groups is 1. The first kappa shape index (κ1) is 21.5. The van der Waals surface area contributed by atoms with Crippen LogP contribution in [0.15, 0.2) is 41.4 Å². The van der Waals surface area contributed by atoms with Crippen molar-refractivity contribution in [3.63, 3.8) is 0 Å². The number of aromatic nitrogens is 1. The molecule has 0 spiro atoms. The van der Waals surface area contributed by atoms with Gasteiger partial charge in [0.05, 0.1) is 19.3 Å². The highest BCUT2D eigenvalue weighted by atomic mass is 32.2. The van der Waals surface area contributed by atoms with Crippen LogP contribution in [-0.4, -0.2) is 49.9 Å². The number of hydrogen-bond acceptors (Lipinski definition) is 4. The molecule has 7 nitrogen and oxygen atoms in total. The van der Waals surface area contributed by atoms with Gasteiger partial charge in [0, 0.05) is 19.3 Å².